The van der Waals surface area contributed by atoms with Gasteiger partial charge in [0.2, 0.25) is 0 Å². The topological polar surface area (TPSA) is 63.7 Å². The van der Waals surface area contributed by atoms with Crippen LogP contribution in [0.25, 0.3) is 0 Å². The predicted octanol–water partition coefficient (Wildman–Crippen LogP) is 1.54. The summed E-state index contributed by atoms with van der Waals surface area (Å²) < 4.78 is 61.5. The van der Waals surface area contributed by atoms with E-state index in [9.17, 15) is 26.4 Å². The summed E-state index contributed by atoms with van der Waals surface area (Å²) in [6.45, 7) is 1.96. The van der Waals surface area contributed by atoms with Gasteiger partial charge in [0.05, 0.1) is 5.75 Å². The fourth-order valence-corrected chi connectivity index (χ4v) is 3.14. The van der Waals surface area contributed by atoms with Gasteiger partial charge in [0.15, 0.2) is 0 Å². The van der Waals surface area contributed by atoms with Crippen LogP contribution in [0, 0.1) is 5.92 Å². The van der Waals surface area contributed by atoms with Crippen molar-refractivity contribution in [2.24, 2.45) is 5.92 Å². The third-order valence-electron chi connectivity index (χ3n) is 3.18. The molecule has 0 aromatic rings. The lowest BCUT2D eigenvalue weighted by Gasteiger charge is -2.10. The zero-order valence-electron chi connectivity index (χ0n) is 11.1. The lowest BCUT2D eigenvalue weighted by atomic mass is 10.0. The second-order valence-corrected chi connectivity index (χ2v) is 6.73. The lowest BCUT2D eigenvalue weighted by Crippen LogP contribution is -2.29. The van der Waals surface area contributed by atoms with Gasteiger partial charge >= 0.3 is 22.3 Å². The summed E-state index contributed by atoms with van der Waals surface area (Å²) in [6.07, 6.45) is -2.64. The molecular formula is C11H18F3NO4S. The molecule has 1 fully saturated rings. The number of carbonyl (C=O) groups excluding carboxylic acids is 1. The normalized spacial score (nSPS) is 21.1. The van der Waals surface area contributed by atoms with E-state index in [1.165, 1.54) is 0 Å². The number of hydrogen-bond donors (Lipinski definition) is 0. The summed E-state index contributed by atoms with van der Waals surface area (Å²) in [5, 5.41) is 0. The smallest absolute Gasteiger partial charge is 0.338 e. The standard InChI is InChI=1S/C11H18F3NO4S/c1-15-6-5-9(8-15)4-2-3-7-20(17,18)19-10(16)11(12,13)14/h9H,2-8H2,1H3. The number of likely N-dealkylation sites (tertiary alicyclic amines) is 1. The molecule has 1 rings (SSSR count). The monoisotopic (exact) mass is 317 g/mol. The van der Waals surface area contributed by atoms with Gasteiger partial charge in [0, 0.05) is 6.54 Å². The van der Waals surface area contributed by atoms with E-state index >= 15 is 0 Å². The van der Waals surface area contributed by atoms with Crippen LogP contribution in [0.4, 0.5) is 13.2 Å². The Morgan fingerprint density at radius 3 is 2.50 bits per heavy atom. The number of hydrogen-bond acceptors (Lipinski definition) is 5. The predicted molar refractivity (Wildman–Crippen MR) is 65.4 cm³/mol. The van der Waals surface area contributed by atoms with Crippen LogP contribution in [0.1, 0.15) is 25.7 Å². The molecule has 1 saturated heterocycles. The van der Waals surface area contributed by atoms with Gasteiger partial charge in [0.25, 0.3) is 0 Å². The van der Waals surface area contributed by atoms with Crippen molar-refractivity contribution in [3.05, 3.63) is 0 Å². The molecule has 118 valence electrons. The fraction of sp³-hybridized carbons (Fsp3) is 0.909. The van der Waals surface area contributed by atoms with Gasteiger partial charge in [-0.3, -0.25) is 0 Å². The van der Waals surface area contributed by atoms with Crippen molar-refractivity contribution in [2.75, 3.05) is 25.9 Å². The van der Waals surface area contributed by atoms with Gasteiger partial charge in [-0.2, -0.15) is 21.6 Å². The maximum absolute atomic E-state index is 11.9. The molecule has 20 heavy (non-hydrogen) atoms. The third-order valence-corrected chi connectivity index (χ3v) is 4.37. The van der Waals surface area contributed by atoms with E-state index in [-0.39, 0.29) is 6.42 Å². The molecule has 0 amide bonds. The minimum Gasteiger partial charge on any atom is -0.338 e. The van der Waals surface area contributed by atoms with Crippen LogP contribution in [0.5, 0.6) is 0 Å². The number of halogens is 3. The van der Waals surface area contributed by atoms with E-state index in [2.05, 4.69) is 9.08 Å². The zero-order valence-corrected chi connectivity index (χ0v) is 12.0. The summed E-state index contributed by atoms with van der Waals surface area (Å²) in [6, 6.07) is 0. The van der Waals surface area contributed by atoms with Crippen LogP contribution in [-0.4, -0.2) is 51.4 Å². The maximum Gasteiger partial charge on any atom is 0.492 e. The van der Waals surface area contributed by atoms with Gasteiger partial charge in [-0.15, -0.1) is 0 Å². The Bertz CT molecular complexity index is 435. The molecule has 0 bridgehead atoms. The van der Waals surface area contributed by atoms with Crippen LogP contribution in [-0.2, 0) is 19.1 Å². The first kappa shape index (κ1) is 17.2. The number of rotatable bonds is 6. The molecular weight excluding hydrogens is 299 g/mol. The molecule has 0 aliphatic carbocycles. The van der Waals surface area contributed by atoms with Crippen molar-refractivity contribution in [3.63, 3.8) is 0 Å². The number of unbranched alkanes of at least 4 members (excludes halogenated alkanes) is 1. The van der Waals surface area contributed by atoms with Gasteiger partial charge in [-0.1, -0.05) is 6.42 Å². The van der Waals surface area contributed by atoms with Crippen LogP contribution < -0.4 is 0 Å². The van der Waals surface area contributed by atoms with E-state index < -0.39 is 28.0 Å². The first-order valence-electron chi connectivity index (χ1n) is 6.32. The van der Waals surface area contributed by atoms with Crippen molar-refractivity contribution in [2.45, 2.75) is 31.9 Å². The molecule has 0 spiro atoms. The van der Waals surface area contributed by atoms with Gasteiger partial charge in [-0.05, 0) is 38.8 Å². The molecule has 1 aliphatic heterocycles. The largest absolute Gasteiger partial charge is 0.492 e. The quantitative estimate of drug-likeness (QED) is 0.549. The lowest BCUT2D eigenvalue weighted by molar-refractivity contribution is -0.189. The summed E-state index contributed by atoms with van der Waals surface area (Å²) >= 11 is 0. The molecule has 0 aromatic heterocycles. The number of nitrogens with zero attached hydrogens (tertiary/aromatic N) is 1. The van der Waals surface area contributed by atoms with E-state index in [0.717, 1.165) is 25.9 Å². The molecule has 1 atom stereocenters. The molecule has 1 aliphatic rings. The third kappa shape index (κ3) is 6.08. The first-order valence-corrected chi connectivity index (χ1v) is 7.90. The minimum atomic E-state index is -5.29. The fourth-order valence-electron chi connectivity index (χ4n) is 2.18. The van der Waals surface area contributed by atoms with Crippen LogP contribution in [0.2, 0.25) is 0 Å². The highest BCUT2D eigenvalue weighted by Gasteiger charge is 2.43. The molecule has 0 saturated carbocycles. The molecule has 5 nitrogen and oxygen atoms in total. The maximum atomic E-state index is 11.9. The van der Waals surface area contributed by atoms with Gasteiger partial charge in [-0.25, -0.2) is 4.79 Å². The average molecular weight is 317 g/mol. The van der Waals surface area contributed by atoms with Gasteiger partial charge in [0.1, 0.15) is 0 Å². The Morgan fingerprint density at radius 2 is 2.00 bits per heavy atom. The van der Waals surface area contributed by atoms with Crippen LogP contribution in [0.15, 0.2) is 0 Å². The molecule has 0 radical (unpaired) electrons. The van der Waals surface area contributed by atoms with E-state index in [1.807, 2.05) is 7.05 Å². The number of alkyl halides is 3. The highest BCUT2D eigenvalue weighted by atomic mass is 32.2. The summed E-state index contributed by atoms with van der Waals surface area (Å²) in [7, 11) is -2.45. The SMILES string of the molecule is CN1CCC(CCCCS(=O)(=O)OC(=O)C(F)(F)F)C1. The Hall–Kier alpha value is -0.830. The van der Waals surface area contributed by atoms with Crippen molar-refractivity contribution >= 4 is 16.1 Å². The Balaban J connectivity index is 2.25. The zero-order chi connectivity index (χ0) is 15.4. The van der Waals surface area contributed by atoms with Crippen molar-refractivity contribution in [3.8, 4) is 0 Å². The summed E-state index contributed by atoms with van der Waals surface area (Å²) in [4.78, 5) is 12.6. The van der Waals surface area contributed by atoms with Crippen molar-refractivity contribution in [1.82, 2.24) is 4.90 Å². The summed E-state index contributed by atoms with van der Waals surface area (Å²) in [5.41, 5.74) is 0. The van der Waals surface area contributed by atoms with Crippen molar-refractivity contribution in [1.29, 1.82) is 0 Å². The molecule has 0 aromatic carbocycles. The number of carbonyl (C=O) groups is 1. The highest BCUT2D eigenvalue weighted by molar-refractivity contribution is 7.87. The van der Waals surface area contributed by atoms with Gasteiger partial charge < -0.3 is 9.08 Å². The second kappa shape index (κ2) is 6.75. The average Bonchev–Trinajstić information content (AvgIpc) is 2.69. The Labute approximate surface area is 116 Å². The molecule has 9 heteroatoms. The molecule has 1 unspecified atom stereocenters. The highest BCUT2D eigenvalue weighted by Crippen LogP contribution is 2.21. The molecule has 0 N–H and O–H groups in total. The Morgan fingerprint density at radius 1 is 1.35 bits per heavy atom. The minimum absolute atomic E-state index is 0.188. The first-order chi connectivity index (χ1) is 9.10. The van der Waals surface area contributed by atoms with Crippen LogP contribution >= 0.6 is 0 Å². The van der Waals surface area contributed by atoms with E-state index in [4.69, 9.17) is 0 Å². The Kier molecular flexibility index (Phi) is 5.81. The van der Waals surface area contributed by atoms with Crippen molar-refractivity contribution < 1.29 is 30.6 Å². The van der Waals surface area contributed by atoms with E-state index in [0.29, 0.717) is 12.3 Å². The summed E-state index contributed by atoms with van der Waals surface area (Å²) in [5.74, 6) is -2.76. The second-order valence-electron chi connectivity index (χ2n) is 5.04. The van der Waals surface area contributed by atoms with E-state index in [1.54, 1.807) is 0 Å². The molecule has 1 heterocycles. The van der Waals surface area contributed by atoms with Crippen LogP contribution in [0.3, 0.4) is 0 Å².